The Morgan fingerprint density at radius 1 is 1.09 bits per heavy atom. The molecular formula is C23H28N6O3S. The molecule has 0 unspecified atom stereocenters. The van der Waals surface area contributed by atoms with Crippen LogP contribution in [0.25, 0.3) is 11.4 Å². The summed E-state index contributed by atoms with van der Waals surface area (Å²) in [6.07, 6.45) is 0.758. The molecule has 1 aliphatic rings. The second kappa shape index (κ2) is 11.2. The van der Waals surface area contributed by atoms with Gasteiger partial charge in [-0.2, -0.15) is 4.98 Å². The van der Waals surface area contributed by atoms with E-state index in [1.54, 1.807) is 11.3 Å². The van der Waals surface area contributed by atoms with Crippen molar-refractivity contribution in [1.82, 2.24) is 30.6 Å². The number of imide groups is 1. The first kappa shape index (κ1) is 23.1. The first-order chi connectivity index (χ1) is 16.0. The lowest BCUT2D eigenvalue weighted by atomic mass is 10.1. The van der Waals surface area contributed by atoms with Gasteiger partial charge >= 0.3 is 6.03 Å². The number of carbonyl (C=O) groups excluding carboxylic acids is 2. The Hall–Kier alpha value is -3.08. The molecule has 2 aromatic heterocycles. The molecule has 2 N–H and O–H groups in total. The molecule has 4 rings (SSSR count). The van der Waals surface area contributed by atoms with Gasteiger partial charge in [-0.3, -0.25) is 19.9 Å². The van der Waals surface area contributed by atoms with E-state index in [4.69, 9.17) is 4.52 Å². The molecule has 174 valence electrons. The Morgan fingerprint density at radius 3 is 2.58 bits per heavy atom. The van der Waals surface area contributed by atoms with Crippen LogP contribution in [0.2, 0.25) is 0 Å². The average molecular weight is 469 g/mol. The van der Waals surface area contributed by atoms with Crippen molar-refractivity contribution < 1.29 is 14.1 Å². The van der Waals surface area contributed by atoms with Crippen LogP contribution in [0.1, 0.15) is 16.3 Å². The van der Waals surface area contributed by atoms with Crippen molar-refractivity contribution in [2.45, 2.75) is 19.9 Å². The smallest absolute Gasteiger partial charge is 0.321 e. The lowest BCUT2D eigenvalue weighted by molar-refractivity contribution is -0.121. The Labute approximate surface area is 196 Å². The van der Waals surface area contributed by atoms with Gasteiger partial charge in [-0.1, -0.05) is 41.1 Å². The lowest BCUT2D eigenvalue weighted by Gasteiger charge is -2.33. The van der Waals surface area contributed by atoms with E-state index in [0.717, 1.165) is 38.2 Å². The topological polar surface area (TPSA) is 104 Å². The summed E-state index contributed by atoms with van der Waals surface area (Å²) >= 11 is 1.65. The number of nitrogens with zero attached hydrogens (tertiary/aromatic N) is 4. The molecule has 3 aromatic rings. The quantitative estimate of drug-likeness (QED) is 0.523. The van der Waals surface area contributed by atoms with Crippen LogP contribution in [0, 0.1) is 6.92 Å². The van der Waals surface area contributed by atoms with E-state index < -0.39 is 6.03 Å². The van der Waals surface area contributed by atoms with Crippen molar-refractivity contribution in [3.63, 3.8) is 0 Å². The van der Waals surface area contributed by atoms with Crippen molar-refractivity contribution in [3.8, 4) is 11.4 Å². The number of benzene rings is 1. The average Bonchev–Trinajstić information content (AvgIpc) is 3.48. The first-order valence-electron chi connectivity index (χ1n) is 11.0. The first-order valence-corrected chi connectivity index (χ1v) is 11.9. The van der Waals surface area contributed by atoms with Crippen LogP contribution in [-0.4, -0.2) is 71.1 Å². The van der Waals surface area contributed by atoms with Gasteiger partial charge in [-0.15, -0.1) is 11.3 Å². The highest BCUT2D eigenvalue weighted by atomic mass is 32.1. The van der Waals surface area contributed by atoms with Gasteiger partial charge < -0.3 is 9.84 Å². The van der Waals surface area contributed by atoms with Gasteiger partial charge in [0.1, 0.15) is 0 Å². The molecule has 1 saturated heterocycles. The summed E-state index contributed by atoms with van der Waals surface area (Å²) in [5.41, 5.74) is 2.12. The molecule has 33 heavy (non-hydrogen) atoms. The Kier molecular flexibility index (Phi) is 7.82. The summed E-state index contributed by atoms with van der Waals surface area (Å²) in [6.45, 7) is 6.33. The van der Waals surface area contributed by atoms with E-state index in [1.165, 1.54) is 10.4 Å². The maximum Gasteiger partial charge on any atom is 0.321 e. The van der Waals surface area contributed by atoms with Gasteiger partial charge in [0.05, 0.1) is 13.1 Å². The summed E-state index contributed by atoms with van der Waals surface area (Å²) in [4.78, 5) is 34.1. The number of rotatable bonds is 8. The van der Waals surface area contributed by atoms with Gasteiger partial charge in [0.25, 0.3) is 0 Å². The highest BCUT2D eigenvalue weighted by molar-refractivity contribution is 7.09. The fourth-order valence-corrected chi connectivity index (χ4v) is 4.31. The van der Waals surface area contributed by atoms with Crippen molar-refractivity contribution in [1.29, 1.82) is 0 Å². The van der Waals surface area contributed by atoms with Gasteiger partial charge in [-0.05, 0) is 24.8 Å². The number of aryl methyl sites for hydroxylation is 1. The minimum atomic E-state index is -0.448. The van der Waals surface area contributed by atoms with Crippen LogP contribution in [0.5, 0.6) is 0 Å². The fourth-order valence-electron chi connectivity index (χ4n) is 3.60. The second-order valence-corrected chi connectivity index (χ2v) is 9.10. The zero-order valence-corrected chi connectivity index (χ0v) is 19.4. The predicted molar refractivity (Wildman–Crippen MR) is 126 cm³/mol. The number of piperazine rings is 1. The molecule has 0 spiro atoms. The third kappa shape index (κ3) is 6.95. The van der Waals surface area contributed by atoms with Crippen LogP contribution >= 0.6 is 11.3 Å². The highest BCUT2D eigenvalue weighted by Gasteiger charge is 2.21. The molecule has 0 saturated carbocycles. The summed E-state index contributed by atoms with van der Waals surface area (Å²) in [6, 6.07) is 11.6. The number of urea groups is 1. The third-order valence-electron chi connectivity index (χ3n) is 5.46. The maximum atomic E-state index is 12.2. The maximum absolute atomic E-state index is 12.2. The van der Waals surface area contributed by atoms with Gasteiger partial charge in [0, 0.05) is 43.2 Å². The van der Waals surface area contributed by atoms with Crippen molar-refractivity contribution >= 4 is 23.3 Å². The van der Waals surface area contributed by atoms with E-state index in [2.05, 4.69) is 25.7 Å². The summed E-state index contributed by atoms with van der Waals surface area (Å²) in [7, 11) is 0. The second-order valence-electron chi connectivity index (χ2n) is 8.06. The molecule has 0 aliphatic carbocycles. The third-order valence-corrected chi connectivity index (χ3v) is 6.40. The normalized spacial score (nSPS) is 14.8. The molecule has 9 nitrogen and oxygen atoms in total. The zero-order chi connectivity index (χ0) is 23.0. The van der Waals surface area contributed by atoms with Gasteiger partial charge in [0.2, 0.25) is 17.6 Å². The van der Waals surface area contributed by atoms with E-state index in [1.807, 2.05) is 53.6 Å². The zero-order valence-electron chi connectivity index (χ0n) is 18.6. The number of carbonyl (C=O) groups is 2. The molecular weight excluding hydrogens is 440 g/mol. The standard InChI is InChI=1S/C23H28N6O3S/c1-17-4-6-18(7-5-17)22-26-21(32-27-22)16-29-12-10-28(11-13-29)15-20(30)25-23(31)24-9-8-19-3-2-14-33-19/h2-7,14H,8-13,15-16H2,1H3,(H2,24,25,30,31). The summed E-state index contributed by atoms with van der Waals surface area (Å²) < 4.78 is 5.42. The van der Waals surface area contributed by atoms with Gasteiger partial charge in [-0.25, -0.2) is 4.79 Å². The highest BCUT2D eigenvalue weighted by Crippen LogP contribution is 2.17. The monoisotopic (exact) mass is 468 g/mol. The summed E-state index contributed by atoms with van der Waals surface area (Å²) in [5.74, 6) is 0.877. The summed E-state index contributed by atoms with van der Waals surface area (Å²) in [5, 5.41) is 11.2. The SMILES string of the molecule is Cc1ccc(-c2noc(CN3CCN(CC(=O)NC(=O)NCCc4cccs4)CC3)n2)cc1. The van der Waals surface area contributed by atoms with Crippen LogP contribution in [0.15, 0.2) is 46.3 Å². The Bertz CT molecular complexity index is 1040. The molecule has 10 heteroatoms. The fraction of sp³-hybridized carbons (Fsp3) is 0.391. The molecule has 0 atom stereocenters. The number of nitrogens with one attached hydrogen (secondary N) is 2. The number of aromatic nitrogens is 2. The molecule has 1 fully saturated rings. The number of thiophene rings is 1. The van der Waals surface area contributed by atoms with E-state index in [9.17, 15) is 9.59 Å². The van der Waals surface area contributed by atoms with Crippen LogP contribution in [0.4, 0.5) is 4.79 Å². The minimum Gasteiger partial charge on any atom is -0.338 e. The van der Waals surface area contributed by atoms with Crippen LogP contribution in [-0.2, 0) is 17.8 Å². The molecule has 3 amide bonds. The van der Waals surface area contributed by atoms with Gasteiger partial charge in [0.15, 0.2) is 0 Å². The van der Waals surface area contributed by atoms with Crippen molar-refractivity contribution in [2.24, 2.45) is 0 Å². The van der Waals surface area contributed by atoms with Crippen molar-refractivity contribution in [2.75, 3.05) is 39.3 Å². The molecule has 1 aromatic carbocycles. The van der Waals surface area contributed by atoms with Crippen molar-refractivity contribution in [3.05, 3.63) is 58.1 Å². The number of hydrogen-bond acceptors (Lipinski definition) is 8. The molecule has 1 aliphatic heterocycles. The predicted octanol–water partition coefficient (Wildman–Crippen LogP) is 2.29. The van der Waals surface area contributed by atoms with E-state index in [0.29, 0.717) is 24.8 Å². The number of hydrogen-bond donors (Lipinski definition) is 2. The largest absolute Gasteiger partial charge is 0.338 e. The number of amides is 3. The van der Waals surface area contributed by atoms with Crippen LogP contribution < -0.4 is 10.6 Å². The van der Waals surface area contributed by atoms with E-state index in [-0.39, 0.29) is 12.5 Å². The molecule has 0 radical (unpaired) electrons. The van der Waals surface area contributed by atoms with Crippen LogP contribution in [0.3, 0.4) is 0 Å². The molecule has 3 heterocycles. The minimum absolute atomic E-state index is 0.199. The molecule has 0 bridgehead atoms. The Balaban J connectivity index is 1.14. The van der Waals surface area contributed by atoms with E-state index >= 15 is 0 Å². The lowest BCUT2D eigenvalue weighted by Crippen LogP contribution is -2.50. The Morgan fingerprint density at radius 2 is 1.85 bits per heavy atom.